The maximum absolute atomic E-state index is 13.3. The first-order chi connectivity index (χ1) is 21.8. The molecule has 1 N–H and O–H groups in total. The van der Waals surface area contributed by atoms with Crippen LogP contribution < -0.4 is 0 Å². The maximum atomic E-state index is 13.3. The Labute approximate surface area is 274 Å². The van der Waals surface area contributed by atoms with Crippen molar-refractivity contribution in [3.63, 3.8) is 0 Å². The summed E-state index contributed by atoms with van der Waals surface area (Å²) in [7, 11) is 0. The molecule has 0 atom stereocenters. The molecule has 46 heavy (non-hydrogen) atoms. The summed E-state index contributed by atoms with van der Waals surface area (Å²) in [6, 6.07) is 24.1. The van der Waals surface area contributed by atoms with Gasteiger partial charge in [-0.3, -0.25) is 0 Å². The predicted octanol–water partition coefficient (Wildman–Crippen LogP) is 11.4. The summed E-state index contributed by atoms with van der Waals surface area (Å²) >= 11 is 18.2. The third-order valence-corrected chi connectivity index (χ3v) is 7.94. The van der Waals surface area contributed by atoms with E-state index in [4.69, 9.17) is 34.8 Å². The average molecular weight is 694 g/mol. The van der Waals surface area contributed by atoms with Crippen LogP contribution in [0.5, 0.6) is 0 Å². The van der Waals surface area contributed by atoms with Crippen LogP contribution in [0.4, 0.5) is 26.3 Å². The number of aromatic nitrogens is 2. The normalized spacial score (nSPS) is 11.9. The van der Waals surface area contributed by atoms with Crippen molar-refractivity contribution in [1.29, 1.82) is 0 Å². The van der Waals surface area contributed by atoms with Crippen molar-refractivity contribution in [2.75, 3.05) is 0 Å². The number of fused-ring (bicyclic) bond motifs is 2. The number of nitrogens with zero attached hydrogens (tertiary/aromatic N) is 2. The Kier molecular flexibility index (Phi) is 9.79. The van der Waals surface area contributed by atoms with Gasteiger partial charge in [-0.2, -0.15) is 26.3 Å². The predicted molar refractivity (Wildman–Crippen MR) is 170 cm³/mol. The summed E-state index contributed by atoms with van der Waals surface area (Å²) in [5, 5.41) is 11.7. The number of benzene rings is 4. The smallest absolute Gasteiger partial charge is 0.392 e. The zero-order valence-electron chi connectivity index (χ0n) is 23.4. The summed E-state index contributed by atoms with van der Waals surface area (Å²) in [6.45, 7) is -0.420. The number of halogens is 9. The van der Waals surface area contributed by atoms with Gasteiger partial charge in [-0.15, -0.1) is 11.6 Å². The van der Waals surface area contributed by atoms with Gasteiger partial charge in [-0.05, 0) is 42.0 Å². The Hall–Kier alpha value is -3.89. The molecule has 0 radical (unpaired) electrons. The van der Waals surface area contributed by atoms with Gasteiger partial charge in [-0.1, -0.05) is 83.9 Å². The van der Waals surface area contributed by atoms with Crippen LogP contribution in [0.25, 0.3) is 44.3 Å². The van der Waals surface area contributed by atoms with E-state index in [1.807, 2.05) is 0 Å². The van der Waals surface area contributed by atoms with Crippen LogP contribution in [0, 0.1) is 0 Å². The molecule has 2 aromatic heterocycles. The molecule has 6 rings (SSSR count). The Morgan fingerprint density at radius 2 is 0.978 bits per heavy atom. The highest BCUT2D eigenvalue weighted by atomic mass is 35.5. The molecular weight excluding hydrogens is 673 g/mol. The van der Waals surface area contributed by atoms with Gasteiger partial charge in [0.25, 0.3) is 0 Å². The molecule has 0 aliphatic carbocycles. The van der Waals surface area contributed by atoms with Gasteiger partial charge in [0, 0.05) is 33.3 Å². The van der Waals surface area contributed by atoms with Crippen molar-refractivity contribution in [3.8, 4) is 22.5 Å². The molecule has 0 aliphatic heterocycles. The molecule has 236 valence electrons. The molecule has 0 saturated carbocycles. The van der Waals surface area contributed by atoms with E-state index >= 15 is 0 Å². The van der Waals surface area contributed by atoms with Gasteiger partial charge in [0.2, 0.25) is 0 Å². The third-order valence-electron chi connectivity index (χ3n) is 7.04. The third kappa shape index (κ3) is 6.93. The van der Waals surface area contributed by atoms with Crippen LogP contribution in [0.3, 0.4) is 0 Å². The van der Waals surface area contributed by atoms with Crippen molar-refractivity contribution < 1.29 is 31.4 Å². The highest BCUT2D eigenvalue weighted by molar-refractivity contribution is 6.35. The van der Waals surface area contributed by atoms with E-state index in [-0.39, 0.29) is 28.4 Å². The lowest BCUT2D eigenvalue weighted by atomic mass is 9.98. The lowest BCUT2D eigenvalue weighted by Crippen LogP contribution is -2.08. The van der Waals surface area contributed by atoms with E-state index in [2.05, 4.69) is 9.97 Å². The quantitative estimate of drug-likeness (QED) is 0.148. The molecule has 0 amide bonds. The number of para-hydroxylation sites is 2. The summed E-state index contributed by atoms with van der Waals surface area (Å²) in [4.78, 5) is 8.67. The fourth-order valence-corrected chi connectivity index (χ4v) is 5.63. The first-order valence-corrected chi connectivity index (χ1v) is 14.8. The first-order valence-electron chi connectivity index (χ1n) is 13.5. The number of rotatable bonds is 4. The van der Waals surface area contributed by atoms with Crippen LogP contribution in [0.15, 0.2) is 97.1 Å². The van der Waals surface area contributed by atoms with Gasteiger partial charge in [0.05, 0.1) is 50.2 Å². The van der Waals surface area contributed by atoms with Crippen LogP contribution >= 0.6 is 34.8 Å². The highest BCUT2D eigenvalue weighted by Gasteiger charge is 2.35. The molecule has 0 spiro atoms. The number of pyridine rings is 2. The minimum absolute atomic E-state index is 0.00234. The number of alkyl halides is 7. The van der Waals surface area contributed by atoms with Crippen molar-refractivity contribution >= 4 is 56.6 Å². The van der Waals surface area contributed by atoms with Crippen LogP contribution in [-0.4, -0.2) is 15.1 Å². The number of hydrogen-bond acceptors (Lipinski definition) is 3. The van der Waals surface area contributed by atoms with Crippen molar-refractivity contribution in [2.24, 2.45) is 0 Å². The molecule has 0 bridgehead atoms. The molecule has 0 saturated heterocycles. The molecule has 4 aromatic carbocycles. The van der Waals surface area contributed by atoms with Gasteiger partial charge in [0.1, 0.15) is 0 Å². The fraction of sp³-hybridized carbons (Fsp3) is 0.118. The second kappa shape index (κ2) is 13.5. The van der Waals surface area contributed by atoms with Crippen LogP contribution in [-0.2, 0) is 24.8 Å². The van der Waals surface area contributed by atoms with E-state index in [1.54, 1.807) is 54.6 Å². The highest BCUT2D eigenvalue weighted by Crippen LogP contribution is 2.40. The second-order valence-electron chi connectivity index (χ2n) is 9.99. The van der Waals surface area contributed by atoms with Gasteiger partial charge in [-0.25, -0.2) is 9.97 Å². The molecule has 0 fully saturated rings. The molecule has 6 aromatic rings. The van der Waals surface area contributed by atoms with Gasteiger partial charge >= 0.3 is 12.4 Å². The van der Waals surface area contributed by atoms with E-state index in [1.165, 1.54) is 30.3 Å². The largest absolute Gasteiger partial charge is 0.417 e. The molecule has 12 heteroatoms. The van der Waals surface area contributed by atoms with Crippen LogP contribution in [0.1, 0.15) is 22.3 Å². The molecule has 2 heterocycles. The minimum atomic E-state index is -4.51. The molecular formula is C34H21Cl3F6N2O. The molecule has 0 unspecified atom stereocenters. The summed E-state index contributed by atoms with van der Waals surface area (Å²) < 4.78 is 79.6. The van der Waals surface area contributed by atoms with E-state index in [9.17, 15) is 31.4 Å². The minimum Gasteiger partial charge on any atom is -0.392 e. The zero-order chi connectivity index (χ0) is 33.2. The summed E-state index contributed by atoms with van der Waals surface area (Å²) in [5.74, 6) is 0.0526. The fourth-order valence-electron chi connectivity index (χ4n) is 4.97. The van der Waals surface area contributed by atoms with Crippen molar-refractivity contribution in [1.82, 2.24) is 9.97 Å². The van der Waals surface area contributed by atoms with E-state index in [0.717, 1.165) is 17.5 Å². The lowest BCUT2D eigenvalue weighted by molar-refractivity contribution is -0.137. The van der Waals surface area contributed by atoms with E-state index < -0.39 is 30.1 Å². The Morgan fingerprint density at radius 3 is 1.39 bits per heavy atom. The average Bonchev–Trinajstić information content (AvgIpc) is 3.03. The first kappa shape index (κ1) is 33.5. The Balaban J connectivity index is 0.000000181. The van der Waals surface area contributed by atoms with Crippen molar-refractivity contribution in [3.05, 3.63) is 129 Å². The lowest BCUT2D eigenvalue weighted by Gasteiger charge is -2.15. The SMILES string of the molecule is FC(F)(F)c1ccccc1-c1nc2c(Cl)cccc2cc1CCl.OCc1cc2cccc(Cl)c2nc1-c1ccccc1C(F)(F)F. The zero-order valence-corrected chi connectivity index (χ0v) is 25.7. The molecule has 3 nitrogen and oxygen atoms in total. The van der Waals surface area contributed by atoms with E-state index in [0.29, 0.717) is 37.6 Å². The number of aliphatic hydroxyl groups excluding tert-OH is 1. The van der Waals surface area contributed by atoms with Crippen molar-refractivity contribution in [2.45, 2.75) is 24.8 Å². The number of hydrogen-bond donors (Lipinski definition) is 1. The topological polar surface area (TPSA) is 46.0 Å². The summed E-state index contributed by atoms with van der Waals surface area (Å²) in [6.07, 6.45) is -8.99. The Morgan fingerprint density at radius 1 is 0.565 bits per heavy atom. The molecule has 0 aliphatic rings. The van der Waals surface area contributed by atoms with Gasteiger partial charge in [0.15, 0.2) is 0 Å². The Bertz CT molecular complexity index is 1900. The summed E-state index contributed by atoms with van der Waals surface area (Å²) in [5.41, 5.74) is 0.361. The standard InChI is InChI=1S/C17H10Cl2F3N.C17H11ClF3NO/c18-9-11-8-10-4-3-7-14(19)16(10)23-15(11)12-5-1-2-6-13(12)17(20,21)22;18-14-7-3-4-10-8-11(9-23)15(22-16(10)14)12-5-1-2-6-13(12)17(19,20)21/h1-8H,9H2;1-8,23H,9H2. The van der Waals surface area contributed by atoms with Crippen LogP contribution in [0.2, 0.25) is 10.0 Å². The maximum Gasteiger partial charge on any atom is 0.417 e. The second-order valence-corrected chi connectivity index (χ2v) is 11.1. The van der Waals surface area contributed by atoms with Gasteiger partial charge < -0.3 is 5.11 Å². The monoisotopic (exact) mass is 692 g/mol. The number of aliphatic hydroxyl groups is 1.